The van der Waals surface area contributed by atoms with E-state index in [2.05, 4.69) is 21.2 Å². The molecule has 132 valence electrons. The third-order valence-corrected chi connectivity index (χ3v) is 4.08. The summed E-state index contributed by atoms with van der Waals surface area (Å²) >= 11 is 3.35. The van der Waals surface area contributed by atoms with Crippen molar-refractivity contribution < 1.29 is 19.1 Å². The van der Waals surface area contributed by atoms with Gasteiger partial charge in [-0.3, -0.25) is 9.59 Å². The average molecular weight is 406 g/mol. The van der Waals surface area contributed by atoms with E-state index >= 15 is 0 Å². The molecule has 5 nitrogen and oxygen atoms in total. The molecular formula is C19H20BrNO4. The number of anilines is 1. The minimum atomic E-state index is -0.269. The van der Waals surface area contributed by atoms with Crippen LogP contribution in [0.25, 0.3) is 0 Å². The van der Waals surface area contributed by atoms with E-state index in [0.717, 1.165) is 24.0 Å². The Morgan fingerprint density at radius 1 is 1.20 bits per heavy atom. The summed E-state index contributed by atoms with van der Waals surface area (Å²) in [5.41, 5.74) is 2.30. The summed E-state index contributed by atoms with van der Waals surface area (Å²) in [6.45, 7) is 4.11. The van der Waals surface area contributed by atoms with Crippen LogP contribution in [0.3, 0.4) is 0 Å². The number of aryl methyl sites for hydroxylation is 1. The number of aldehydes is 1. The number of para-hydroxylation sites is 1. The fraction of sp³-hybridized carbons (Fsp3) is 0.263. The largest absolute Gasteiger partial charge is 0.490 e. The molecule has 0 bridgehead atoms. The van der Waals surface area contributed by atoms with Crippen LogP contribution in [0, 0.1) is 0 Å². The van der Waals surface area contributed by atoms with Gasteiger partial charge in [0.25, 0.3) is 5.91 Å². The van der Waals surface area contributed by atoms with Gasteiger partial charge in [-0.2, -0.15) is 0 Å². The van der Waals surface area contributed by atoms with Gasteiger partial charge in [-0.1, -0.05) is 25.1 Å². The normalized spacial score (nSPS) is 10.2. The third kappa shape index (κ3) is 5.06. The van der Waals surface area contributed by atoms with E-state index in [1.165, 1.54) is 0 Å². The minimum Gasteiger partial charge on any atom is -0.490 e. The highest BCUT2D eigenvalue weighted by atomic mass is 79.9. The van der Waals surface area contributed by atoms with Crippen molar-refractivity contribution in [3.05, 3.63) is 52.0 Å². The summed E-state index contributed by atoms with van der Waals surface area (Å²) in [5, 5.41) is 2.85. The lowest BCUT2D eigenvalue weighted by atomic mass is 10.1. The van der Waals surface area contributed by atoms with E-state index in [0.29, 0.717) is 28.1 Å². The van der Waals surface area contributed by atoms with Crippen LogP contribution >= 0.6 is 15.9 Å². The van der Waals surface area contributed by atoms with Crippen LogP contribution in [0.5, 0.6) is 11.5 Å². The van der Waals surface area contributed by atoms with Gasteiger partial charge in [0.1, 0.15) is 6.29 Å². The number of carbonyl (C=O) groups is 2. The predicted molar refractivity (Wildman–Crippen MR) is 101 cm³/mol. The first-order chi connectivity index (χ1) is 12.1. The van der Waals surface area contributed by atoms with E-state index in [9.17, 15) is 9.59 Å². The molecule has 0 saturated heterocycles. The van der Waals surface area contributed by atoms with Crippen molar-refractivity contribution in [3.8, 4) is 11.5 Å². The molecule has 6 heteroatoms. The number of halogens is 1. The van der Waals surface area contributed by atoms with E-state index in [-0.39, 0.29) is 12.5 Å². The van der Waals surface area contributed by atoms with Crippen molar-refractivity contribution in [2.45, 2.75) is 20.3 Å². The van der Waals surface area contributed by atoms with Crippen LogP contribution in [-0.4, -0.2) is 25.4 Å². The molecular weight excluding hydrogens is 386 g/mol. The molecule has 0 heterocycles. The Hall–Kier alpha value is -2.34. The van der Waals surface area contributed by atoms with Crippen molar-refractivity contribution in [3.63, 3.8) is 0 Å². The number of hydrogen-bond donors (Lipinski definition) is 1. The summed E-state index contributed by atoms with van der Waals surface area (Å²) in [6.07, 6.45) is 1.55. The second-order valence-electron chi connectivity index (χ2n) is 5.23. The van der Waals surface area contributed by atoms with Crippen LogP contribution < -0.4 is 14.8 Å². The van der Waals surface area contributed by atoms with Gasteiger partial charge in [0.15, 0.2) is 18.1 Å². The Bertz CT molecular complexity index is 761. The van der Waals surface area contributed by atoms with Crippen molar-refractivity contribution in [1.82, 2.24) is 0 Å². The SMILES string of the molecule is CCOc1cc(C=O)cc(Br)c1OCC(=O)Nc1ccccc1CC. The standard InChI is InChI=1S/C19H20BrNO4/c1-3-14-7-5-6-8-16(14)21-18(23)12-25-19-15(20)9-13(11-22)10-17(19)24-4-2/h5-11H,3-4,12H2,1-2H3,(H,21,23). The number of rotatable bonds is 8. The zero-order chi connectivity index (χ0) is 18.2. The molecule has 0 aliphatic rings. The van der Waals surface area contributed by atoms with Gasteiger partial charge < -0.3 is 14.8 Å². The lowest BCUT2D eigenvalue weighted by molar-refractivity contribution is -0.118. The molecule has 2 aromatic carbocycles. The maximum absolute atomic E-state index is 12.2. The lowest BCUT2D eigenvalue weighted by Crippen LogP contribution is -2.21. The zero-order valence-electron chi connectivity index (χ0n) is 14.2. The first-order valence-corrected chi connectivity index (χ1v) is 8.80. The summed E-state index contributed by atoms with van der Waals surface area (Å²) in [4.78, 5) is 23.2. The van der Waals surface area contributed by atoms with Gasteiger partial charge in [0.05, 0.1) is 11.1 Å². The molecule has 25 heavy (non-hydrogen) atoms. The van der Waals surface area contributed by atoms with Gasteiger partial charge >= 0.3 is 0 Å². The van der Waals surface area contributed by atoms with Crippen LogP contribution in [-0.2, 0) is 11.2 Å². The second-order valence-corrected chi connectivity index (χ2v) is 6.08. The van der Waals surface area contributed by atoms with Crippen molar-refractivity contribution in [2.75, 3.05) is 18.5 Å². The molecule has 0 aromatic heterocycles. The number of amides is 1. The highest BCUT2D eigenvalue weighted by Crippen LogP contribution is 2.36. The smallest absolute Gasteiger partial charge is 0.262 e. The first kappa shape index (κ1) is 19.0. The monoisotopic (exact) mass is 405 g/mol. The summed E-state index contributed by atoms with van der Waals surface area (Å²) in [7, 11) is 0. The van der Waals surface area contributed by atoms with Gasteiger partial charge in [-0.05, 0) is 53.0 Å². The Kier molecular flexibility index (Phi) is 7.01. The summed E-state index contributed by atoms with van der Waals surface area (Å²) in [6, 6.07) is 10.8. The fourth-order valence-corrected chi connectivity index (χ4v) is 2.91. The molecule has 1 amide bonds. The van der Waals surface area contributed by atoms with Gasteiger partial charge in [0.2, 0.25) is 0 Å². The molecule has 0 fully saturated rings. The highest BCUT2D eigenvalue weighted by Gasteiger charge is 2.14. The average Bonchev–Trinajstić information content (AvgIpc) is 2.61. The van der Waals surface area contributed by atoms with Crippen molar-refractivity contribution in [2.24, 2.45) is 0 Å². The Morgan fingerprint density at radius 3 is 2.64 bits per heavy atom. The van der Waals surface area contributed by atoms with Crippen LogP contribution in [0.1, 0.15) is 29.8 Å². The van der Waals surface area contributed by atoms with Crippen molar-refractivity contribution >= 4 is 33.8 Å². The molecule has 1 N–H and O–H groups in total. The fourth-order valence-electron chi connectivity index (χ4n) is 2.33. The molecule has 0 unspecified atom stereocenters. The van der Waals surface area contributed by atoms with Gasteiger partial charge in [-0.15, -0.1) is 0 Å². The molecule has 2 aromatic rings. The number of hydrogen-bond acceptors (Lipinski definition) is 4. The Morgan fingerprint density at radius 2 is 1.96 bits per heavy atom. The predicted octanol–water partition coefficient (Wildman–Crippen LogP) is 4.24. The summed E-state index contributed by atoms with van der Waals surface area (Å²) < 4.78 is 11.7. The number of nitrogens with one attached hydrogen (secondary N) is 1. The molecule has 0 spiro atoms. The Balaban J connectivity index is 2.10. The van der Waals surface area contributed by atoms with E-state index < -0.39 is 0 Å². The quantitative estimate of drug-likeness (QED) is 0.666. The van der Waals surface area contributed by atoms with Crippen LogP contribution in [0.4, 0.5) is 5.69 Å². The molecule has 0 aliphatic carbocycles. The molecule has 2 rings (SSSR count). The minimum absolute atomic E-state index is 0.169. The van der Waals surface area contributed by atoms with E-state index in [1.54, 1.807) is 12.1 Å². The second kappa shape index (κ2) is 9.22. The highest BCUT2D eigenvalue weighted by molar-refractivity contribution is 9.10. The molecule has 0 atom stereocenters. The zero-order valence-corrected chi connectivity index (χ0v) is 15.8. The maximum Gasteiger partial charge on any atom is 0.262 e. The van der Waals surface area contributed by atoms with Gasteiger partial charge in [-0.25, -0.2) is 0 Å². The first-order valence-electron chi connectivity index (χ1n) is 8.01. The molecule has 0 aliphatic heterocycles. The van der Waals surface area contributed by atoms with Crippen LogP contribution in [0.2, 0.25) is 0 Å². The number of carbonyl (C=O) groups excluding carboxylic acids is 2. The lowest BCUT2D eigenvalue weighted by Gasteiger charge is -2.15. The third-order valence-electron chi connectivity index (χ3n) is 3.49. The number of ether oxygens (including phenoxy) is 2. The Labute approximate surface area is 155 Å². The van der Waals surface area contributed by atoms with E-state index in [1.807, 2.05) is 38.1 Å². The summed E-state index contributed by atoms with van der Waals surface area (Å²) in [5.74, 6) is 0.543. The number of benzene rings is 2. The van der Waals surface area contributed by atoms with Crippen molar-refractivity contribution in [1.29, 1.82) is 0 Å². The maximum atomic E-state index is 12.2. The molecule has 0 saturated carbocycles. The van der Waals surface area contributed by atoms with Crippen LogP contribution in [0.15, 0.2) is 40.9 Å². The topological polar surface area (TPSA) is 64.6 Å². The molecule has 0 radical (unpaired) electrons. The van der Waals surface area contributed by atoms with E-state index in [4.69, 9.17) is 9.47 Å². The van der Waals surface area contributed by atoms with Gasteiger partial charge in [0, 0.05) is 11.3 Å².